The minimum absolute atomic E-state index is 0.149. The smallest absolute Gasteiger partial charge is 0.257 e. The summed E-state index contributed by atoms with van der Waals surface area (Å²) in [7, 11) is 0. The zero-order chi connectivity index (χ0) is 22.1. The lowest BCUT2D eigenvalue weighted by Gasteiger charge is -2.12. The molecule has 1 heterocycles. The van der Waals surface area contributed by atoms with Crippen LogP contribution in [-0.2, 0) is 0 Å². The zero-order valence-corrected chi connectivity index (χ0v) is 18.8. The van der Waals surface area contributed by atoms with Crippen LogP contribution in [0.4, 0.5) is 5.69 Å². The molecule has 1 amide bonds. The number of rotatable bonds is 3. The fraction of sp³-hybridized carbons (Fsp3) is 0.125. The minimum Gasteiger partial charge on any atom is -0.436 e. The monoisotopic (exact) mass is 449 g/mol. The van der Waals surface area contributed by atoms with Gasteiger partial charge in [-0.05, 0) is 92.1 Å². The SMILES string of the molecule is Cc1ccc2oc(-c3ccc(Cl)c(NC(=S)NC(=O)c4ccc(C)c(C)c4)c3)nc2c1. The number of aromatic nitrogens is 1. The zero-order valence-electron chi connectivity index (χ0n) is 17.2. The van der Waals surface area contributed by atoms with Gasteiger partial charge < -0.3 is 9.73 Å². The Morgan fingerprint density at radius 1 is 1.00 bits per heavy atom. The number of benzene rings is 3. The Morgan fingerprint density at radius 2 is 1.81 bits per heavy atom. The second kappa shape index (κ2) is 8.49. The first-order valence-electron chi connectivity index (χ1n) is 9.67. The Kier molecular flexibility index (Phi) is 5.76. The summed E-state index contributed by atoms with van der Waals surface area (Å²) in [5.41, 5.74) is 6.58. The molecule has 2 N–H and O–H groups in total. The quantitative estimate of drug-likeness (QED) is 0.364. The van der Waals surface area contributed by atoms with Crippen LogP contribution in [0.25, 0.3) is 22.6 Å². The van der Waals surface area contributed by atoms with Crippen LogP contribution in [0.3, 0.4) is 0 Å². The number of oxazole rings is 1. The number of carbonyl (C=O) groups excluding carboxylic acids is 1. The van der Waals surface area contributed by atoms with Crippen molar-refractivity contribution in [2.45, 2.75) is 20.8 Å². The standard InChI is InChI=1S/C24H20ClN3O2S/c1-13-4-9-21-20(10-13)26-23(30-21)17-7-8-18(25)19(12-17)27-24(31)28-22(29)16-6-5-14(2)15(3)11-16/h4-12H,1-3H3,(H2,27,28,29,31). The Hall–Kier alpha value is -3.22. The van der Waals surface area contributed by atoms with Crippen LogP contribution in [0, 0.1) is 20.8 Å². The van der Waals surface area contributed by atoms with E-state index >= 15 is 0 Å². The third-order valence-electron chi connectivity index (χ3n) is 5.00. The van der Waals surface area contributed by atoms with E-state index in [0.29, 0.717) is 27.7 Å². The van der Waals surface area contributed by atoms with Gasteiger partial charge in [0.1, 0.15) is 5.52 Å². The van der Waals surface area contributed by atoms with Gasteiger partial charge in [0.15, 0.2) is 10.7 Å². The van der Waals surface area contributed by atoms with Crippen molar-refractivity contribution >= 4 is 51.6 Å². The number of anilines is 1. The van der Waals surface area contributed by atoms with Gasteiger partial charge in [0.25, 0.3) is 5.91 Å². The number of halogens is 1. The number of hydrogen-bond donors (Lipinski definition) is 2. The summed E-state index contributed by atoms with van der Waals surface area (Å²) in [6.45, 7) is 5.96. The number of thiocarbonyl (C=S) groups is 1. The number of nitrogens with one attached hydrogen (secondary N) is 2. The number of carbonyl (C=O) groups is 1. The molecule has 0 unspecified atom stereocenters. The predicted molar refractivity (Wildman–Crippen MR) is 129 cm³/mol. The molecule has 1 aromatic heterocycles. The summed E-state index contributed by atoms with van der Waals surface area (Å²) in [6.07, 6.45) is 0. The maximum atomic E-state index is 12.5. The Balaban J connectivity index is 1.53. The largest absolute Gasteiger partial charge is 0.436 e. The van der Waals surface area contributed by atoms with Gasteiger partial charge in [0, 0.05) is 11.1 Å². The first kappa shape index (κ1) is 21.0. The van der Waals surface area contributed by atoms with E-state index in [4.69, 9.17) is 28.2 Å². The van der Waals surface area contributed by atoms with Crippen molar-refractivity contribution < 1.29 is 9.21 Å². The second-order valence-electron chi connectivity index (χ2n) is 7.39. The van der Waals surface area contributed by atoms with Crippen LogP contribution >= 0.6 is 23.8 Å². The Bertz CT molecular complexity index is 1330. The van der Waals surface area contributed by atoms with Crippen molar-refractivity contribution in [2.24, 2.45) is 0 Å². The number of hydrogen-bond acceptors (Lipinski definition) is 4. The van der Waals surface area contributed by atoms with Crippen LogP contribution < -0.4 is 10.6 Å². The highest BCUT2D eigenvalue weighted by atomic mass is 35.5. The van der Waals surface area contributed by atoms with Crippen LogP contribution in [0.5, 0.6) is 0 Å². The number of fused-ring (bicyclic) bond motifs is 1. The number of amides is 1. The van der Waals surface area contributed by atoms with Gasteiger partial charge in [0.05, 0.1) is 10.7 Å². The average Bonchev–Trinajstić information content (AvgIpc) is 3.14. The van der Waals surface area contributed by atoms with Crippen LogP contribution in [0.2, 0.25) is 5.02 Å². The van der Waals surface area contributed by atoms with Gasteiger partial charge in [-0.15, -0.1) is 0 Å². The fourth-order valence-corrected chi connectivity index (χ4v) is 3.49. The normalized spacial score (nSPS) is 10.8. The lowest BCUT2D eigenvalue weighted by molar-refractivity contribution is 0.0977. The van der Waals surface area contributed by atoms with Crippen molar-refractivity contribution in [1.82, 2.24) is 10.3 Å². The van der Waals surface area contributed by atoms with E-state index in [1.54, 1.807) is 18.2 Å². The fourth-order valence-electron chi connectivity index (χ4n) is 3.13. The molecule has 0 saturated carbocycles. The van der Waals surface area contributed by atoms with Crippen molar-refractivity contribution in [3.05, 3.63) is 81.9 Å². The molecule has 0 aliphatic heterocycles. The van der Waals surface area contributed by atoms with Gasteiger partial charge in [0.2, 0.25) is 5.89 Å². The summed E-state index contributed by atoms with van der Waals surface area (Å²) >= 11 is 11.6. The van der Waals surface area contributed by atoms with E-state index in [9.17, 15) is 4.79 Å². The predicted octanol–water partition coefficient (Wildman–Crippen LogP) is 6.20. The highest BCUT2D eigenvalue weighted by Crippen LogP contribution is 2.30. The third kappa shape index (κ3) is 4.60. The molecule has 0 saturated heterocycles. The lowest BCUT2D eigenvalue weighted by Crippen LogP contribution is -2.34. The molecule has 0 fully saturated rings. The number of aryl methyl sites for hydroxylation is 3. The molecule has 0 aliphatic rings. The summed E-state index contributed by atoms with van der Waals surface area (Å²) in [5, 5.41) is 6.28. The van der Waals surface area contributed by atoms with Gasteiger partial charge in [-0.2, -0.15) is 0 Å². The lowest BCUT2D eigenvalue weighted by atomic mass is 10.1. The van der Waals surface area contributed by atoms with Crippen molar-refractivity contribution in [3.63, 3.8) is 0 Å². The second-order valence-corrected chi connectivity index (χ2v) is 8.21. The molecule has 4 rings (SSSR count). The molecular weight excluding hydrogens is 430 g/mol. The highest BCUT2D eigenvalue weighted by molar-refractivity contribution is 7.80. The first-order chi connectivity index (χ1) is 14.8. The van der Waals surface area contributed by atoms with E-state index in [1.807, 2.05) is 57.2 Å². The molecular formula is C24H20ClN3O2S. The molecule has 5 nitrogen and oxygen atoms in total. The first-order valence-corrected chi connectivity index (χ1v) is 10.5. The summed E-state index contributed by atoms with van der Waals surface area (Å²) in [4.78, 5) is 17.1. The number of nitrogens with zero attached hydrogens (tertiary/aromatic N) is 1. The molecule has 0 spiro atoms. The summed E-state index contributed by atoms with van der Waals surface area (Å²) in [6, 6.07) is 16.7. The minimum atomic E-state index is -0.290. The molecule has 0 bridgehead atoms. The van der Waals surface area contributed by atoms with E-state index in [1.165, 1.54) is 0 Å². The van der Waals surface area contributed by atoms with E-state index in [-0.39, 0.29) is 11.0 Å². The average molecular weight is 450 g/mol. The maximum Gasteiger partial charge on any atom is 0.257 e. The van der Waals surface area contributed by atoms with Gasteiger partial charge >= 0.3 is 0 Å². The Labute approximate surface area is 190 Å². The molecule has 31 heavy (non-hydrogen) atoms. The van der Waals surface area contributed by atoms with Gasteiger partial charge in [-0.25, -0.2) is 4.98 Å². The maximum absolute atomic E-state index is 12.5. The molecule has 4 aromatic rings. The van der Waals surface area contributed by atoms with Crippen molar-refractivity contribution in [1.29, 1.82) is 0 Å². The van der Waals surface area contributed by atoms with Crippen molar-refractivity contribution in [3.8, 4) is 11.5 Å². The van der Waals surface area contributed by atoms with E-state index < -0.39 is 0 Å². The van der Waals surface area contributed by atoms with Gasteiger partial charge in [-0.3, -0.25) is 10.1 Å². The summed E-state index contributed by atoms with van der Waals surface area (Å²) in [5.74, 6) is 0.188. The van der Waals surface area contributed by atoms with E-state index in [2.05, 4.69) is 15.6 Å². The molecule has 0 atom stereocenters. The van der Waals surface area contributed by atoms with Crippen LogP contribution in [0.15, 0.2) is 59.0 Å². The summed E-state index contributed by atoms with van der Waals surface area (Å²) < 4.78 is 5.87. The van der Waals surface area contributed by atoms with E-state index in [0.717, 1.165) is 27.8 Å². The van der Waals surface area contributed by atoms with Crippen molar-refractivity contribution in [2.75, 3.05) is 5.32 Å². The molecule has 7 heteroatoms. The molecule has 0 aliphatic carbocycles. The third-order valence-corrected chi connectivity index (χ3v) is 5.53. The molecule has 3 aromatic carbocycles. The Morgan fingerprint density at radius 3 is 2.58 bits per heavy atom. The topological polar surface area (TPSA) is 67.2 Å². The van der Waals surface area contributed by atoms with Gasteiger partial charge in [-0.1, -0.05) is 23.7 Å². The van der Waals surface area contributed by atoms with Crippen LogP contribution in [0.1, 0.15) is 27.0 Å². The molecule has 0 radical (unpaired) electrons. The molecule has 156 valence electrons. The van der Waals surface area contributed by atoms with Crippen LogP contribution in [-0.4, -0.2) is 16.0 Å². The highest BCUT2D eigenvalue weighted by Gasteiger charge is 2.13.